The van der Waals surface area contributed by atoms with Crippen LogP contribution in [-0.2, 0) is 14.3 Å². The molecule has 0 amide bonds. The summed E-state index contributed by atoms with van der Waals surface area (Å²) in [6.45, 7) is 1.86. The van der Waals surface area contributed by atoms with Crippen molar-refractivity contribution in [1.29, 1.82) is 0 Å². The number of piperidine rings is 1. The second-order valence-corrected chi connectivity index (χ2v) is 6.28. The molecular formula is C15H21NO4. The van der Waals surface area contributed by atoms with Crippen molar-refractivity contribution in [1.82, 2.24) is 4.90 Å². The molecule has 1 aliphatic heterocycles. The second kappa shape index (κ2) is 5.20. The number of carbonyl (C=O) groups is 2. The van der Waals surface area contributed by atoms with Crippen molar-refractivity contribution in [3.63, 3.8) is 0 Å². The fourth-order valence-corrected chi connectivity index (χ4v) is 3.83. The number of aliphatic carboxylic acids is 1. The SMILES string of the molecule is CN1CCC(OC(=O)[C@H]2[C@@H](C(=O)O)[C@H]3C=C[C@H]2C3)CC1. The molecule has 110 valence electrons. The third kappa shape index (κ3) is 2.35. The molecule has 3 rings (SSSR count). The molecule has 0 aromatic carbocycles. The molecule has 2 bridgehead atoms. The third-order valence-electron chi connectivity index (χ3n) is 4.96. The minimum absolute atomic E-state index is 0.00698. The van der Waals surface area contributed by atoms with Gasteiger partial charge in [-0.3, -0.25) is 9.59 Å². The van der Waals surface area contributed by atoms with Crippen molar-refractivity contribution in [2.24, 2.45) is 23.7 Å². The van der Waals surface area contributed by atoms with E-state index in [1.54, 1.807) is 0 Å². The highest BCUT2D eigenvalue weighted by molar-refractivity contribution is 5.83. The number of carboxylic acids is 1. The van der Waals surface area contributed by atoms with Crippen LogP contribution >= 0.6 is 0 Å². The summed E-state index contributed by atoms with van der Waals surface area (Å²) in [6, 6.07) is 0. The van der Waals surface area contributed by atoms with Crippen LogP contribution in [0.5, 0.6) is 0 Å². The average Bonchev–Trinajstić information content (AvgIpc) is 3.01. The van der Waals surface area contributed by atoms with Gasteiger partial charge in [0.05, 0.1) is 11.8 Å². The largest absolute Gasteiger partial charge is 0.481 e. The molecule has 0 aromatic rings. The van der Waals surface area contributed by atoms with Crippen LogP contribution in [0.1, 0.15) is 19.3 Å². The summed E-state index contributed by atoms with van der Waals surface area (Å²) < 4.78 is 5.59. The Morgan fingerprint density at radius 2 is 1.75 bits per heavy atom. The van der Waals surface area contributed by atoms with Crippen LogP contribution in [-0.4, -0.2) is 48.2 Å². The number of rotatable bonds is 3. The third-order valence-corrected chi connectivity index (χ3v) is 4.96. The summed E-state index contributed by atoms with van der Waals surface area (Å²) in [5.41, 5.74) is 0. The lowest BCUT2D eigenvalue weighted by atomic mass is 9.83. The van der Waals surface area contributed by atoms with Gasteiger partial charge in [0.15, 0.2) is 0 Å². The number of hydrogen-bond acceptors (Lipinski definition) is 4. The van der Waals surface area contributed by atoms with E-state index in [4.69, 9.17) is 4.74 Å². The van der Waals surface area contributed by atoms with E-state index in [-0.39, 0.29) is 23.9 Å². The maximum Gasteiger partial charge on any atom is 0.310 e. The Hall–Kier alpha value is -1.36. The molecule has 20 heavy (non-hydrogen) atoms. The zero-order valence-electron chi connectivity index (χ0n) is 11.7. The molecule has 2 fully saturated rings. The van der Waals surface area contributed by atoms with E-state index in [1.807, 2.05) is 12.2 Å². The highest BCUT2D eigenvalue weighted by atomic mass is 16.5. The summed E-state index contributed by atoms with van der Waals surface area (Å²) in [5.74, 6) is -2.19. The van der Waals surface area contributed by atoms with Crippen LogP contribution in [0, 0.1) is 23.7 Å². The highest BCUT2D eigenvalue weighted by Crippen LogP contribution is 2.48. The molecule has 3 aliphatic rings. The number of hydrogen-bond donors (Lipinski definition) is 1. The van der Waals surface area contributed by atoms with Gasteiger partial charge in [-0.15, -0.1) is 0 Å². The summed E-state index contributed by atoms with van der Waals surface area (Å²) in [4.78, 5) is 26.0. The molecule has 1 N–H and O–H groups in total. The van der Waals surface area contributed by atoms with Gasteiger partial charge in [0, 0.05) is 13.1 Å². The van der Waals surface area contributed by atoms with Crippen LogP contribution in [0.25, 0.3) is 0 Å². The Morgan fingerprint density at radius 1 is 1.15 bits per heavy atom. The van der Waals surface area contributed by atoms with Gasteiger partial charge < -0.3 is 14.7 Å². The normalized spacial score (nSPS) is 37.2. The summed E-state index contributed by atoms with van der Waals surface area (Å²) >= 11 is 0. The van der Waals surface area contributed by atoms with Gasteiger partial charge in [-0.1, -0.05) is 12.2 Å². The first-order valence-electron chi connectivity index (χ1n) is 7.36. The molecule has 1 saturated heterocycles. The zero-order valence-corrected chi connectivity index (χ0v) is 11.7. The van der Waals surface area contributed by atoms with Crippen LogP contribution in [0.3, 0.4) is 0 Å². The van der Waals surface area contributed by atoms with Gasteiger partial charge in [-0.25, -0.2) is 0 Å². The lowest BCUT2D eigenvalue weighted by Gasteiger charge is -2.31. The Morgan fingerprint density at radius 3 is 2.35 bits per heavy atom. The molecule has 0 radical (unpaired) electrons. The van der Waals surface area contributed by atoms with Gasteiger partial charge in [0.2, 0.25) is 0 Å². The molecule has 2 aliphatic carbocycles. The van der Waals surface area contributed by atoms with E-state index in [0.717, 1.165) is 32.4 Å². The minimum atomic E-state index is -0.868. The number of nitrogens with zero attached hydrogens (tertiary/aromatic N) is 1. The smallest absolute Gasteiger partial charge is 0.310 e. The first-order valence-corrected chi connectivity index (χ1v) is 7.36. The van der Waals surface area contributed by atoms with Crippen LogP contribution in [0.2, 0.25) is 0 Å². The fourth-order valence-electron chi connectivity index (χ4n) is 3.83. The lowest BCUT2D eigenvalue weighted by Crippen LogP contribution is -2.39. The topological polar surface area (TPSA) is 66.8 Å². The first kappa shape index (κ1) is 13.6. The van der Waals surface area contributed by atoms with Gasteiger partial charge in [-0.05, 0) is 38.1 Å². The van der Waals surface area contributed by atoms with Crippen molar-refractivity contribution in [2.75, 3.05) is 20.1 Å². The van der Waals surface area contributed by atoms with Crippen molar-refractivity contribution < 1.29 is 19.4 Å². The molecule has 0 aromatic heterocycles. The Balaban J connectivity index is 1.64. The van der Waals surface area contributed by atoms with Gasteiger partial charge in [-0.2, -0.15) is 0 Å². The van der Waals surface area contributed by atoms with Crippen molar-refractivity contribution in [2.45, 2.75) is 25.4 Å². The Kier molecular flexibility index (Phi) is 3.54. The first-order chi connectivity index (χ1) is 9.56. The van der Waals surface area contributed by atoms with E-state index in [2.05, 4.69) is 11.9 Å². The minimum Gasteiger partial charge on any atom is -0.481 e. The molecule has 4 atom stereocenters. The molecule has 1 heterocycles. The number of likely N-dealkylation sites (tertiary alicyclic amines) is 1. The monoisotopic (exact) mass is 279 g/mol. The molecular weight excluding hydrogens is 258 g/mol. The van der Waals surface area contributed by atoms with E-state index in [0.29, 0.717) is 0 Å². The van der Waals surface area contributed by atoms with Crippen molar-refractivity contribution >= 4 is 11.9 Å². The number of carboxylic acid groups (broad SMARTS) is 1. The molecule has 5 heteroatoms. The van der Waals surface area contributed by atoms with E-state index in [1.165, 1.54) is 0 Å². The van der Waals surface area contributed by atoms with E-state index >= 15 is 0 Å². The van der Waals surface area contributed by atoms with Gasteiger partial charge >= 0.3 is 11.9 Å². The van der Waals surface area contributed by atoms with Crippen molar-refractivity contribution in [3.8, 4) is 0 Å². The summed E-state index contributed by atoms with van der Waals surface area (Å²) in [6.07, 6.45) is 6.36. The number of fused-ring (bicyclic) bond motifs is 2. The summed E-state index contributed by atoms with van der Waals surface area (Å²) in [5, 5.41) is 9.35. The lowest BCUT2D eigenvalue weighted by molar-refractivity contribution is -0.164. The van der Waals surface area contributed by atoms with Gasteiger partial charge in [0.1, 0.15) is 6.10 Å². The second-order valence-electron chi connectivity index (χ2n) is 6.28. The number of carbonyl (C=O) groups excluding carboxylic acids is 1. The zero-order chi connectivity index (χ0) is 14.3. The number of esters is 1. The highest BCUT2D eigenvalue weighted by Gasteiger charge is 2.52. The van der Waals surface area contributed by atoms with E-state index in [9.17, 15) is 14.7 Å². The number of ether oxygens (including phenoxy) is 1. The maximum absolute atomic E-state index is 12.4. The molecule has 1 saturated carbocycles. The maximum atomic E-state index is 12.4. The molecule has 0 spiro atoms. The number of allylic oxidation sites excluding steroid dienone is 2. The predicted octanol–water partition coefficient (Wildman–Crippen LogP) is 1.15. The molecule has 0 unspecified atom stereocenters. The van der Waals surface area contributed by atoms with Crippen LogP contribution < -0.4 is 0 Å². The Bertz CT molecular complexity index is 439. The fraction of sp³-hybridized carbons (Fsp3) is 0.733. The average molecular weight is 279 g/mol. The quantitative estimate of drug-likeness (QED) is 0.620. The van der Waals surface area contributed by atoms with Crippen LogP contribution in [0.15, 0.2) is 12.2 Å². The van der Waals surface area contributed by atoms with Gasteiger partial charge in [0.25, 0.3) is 0 Å². The molecule has 5 nitrogen and oxygen atoms in total. The van der Waals surface area contributed by atoms with Crippen molar-refractivity contribution in [3.05, 3.63) is 12.2 Å². The predicted molar refractivity (Wildman–Crippen MR) is 72.0 cm³/mol. The standard InChI is InChI=1S/C15H21NO4/c1-16-6-4-11(5-7-16)20-15(19)13-10-3-2-9(8-10)12(13)14(17)18/h2-3,9-13H,4-8H2,1H3,(H,17,18)/t9-,10-,12-,13+/m0/s1. The van der Waals surface area contributed by atoms with Crippen LogP contribution in [0.4, 0.5) is 0 Å². The van der Waals surface area contributed by atoms with E-state index < -0.39 is 17.8 Å². The Labute approximate surface area is 118 Å². The summed E-state index contributed by atoms with van der Waals surface area (Å²) in [7, 11) is 2.05.